The van der Waals surface area contributed by atoms with Crippen molar-refractivity contribution in [3.63, 3.8) is 0 Å². The molecule has 0 aromatic heterocycles. The molecule has 1 amide bonds. The number of benzene rings is 1. The molecule has 24 heavy (non-hydrogen) atoms. The number of rotatable bonds is 4. The van der Waals surface area contributed by atoms with Crippen LogP contribution in [0.3, 0.4) is 0 Å². The van der Waals surface area contributed by atoms with Crippen LogP contribution in [0.5, 0.6) is 0 Å². The van der Waals surface area contributed by atoms with Crippen molar-refractivity contribution >= 4 is 18.3 Å². The maximum absolute atomic E-state index is 12.6. The van der Waals surface area contributed by atoms with Gasteiger partial charge in [0.25, 0.3) is 0 Å². The van der Waals surface area contributed by atoms with Crippen LogP contribution in [0.15, 0.2) is 24.3 Å². The second kappa shape index (κ2) is 7.85. The van der Waals surface area contributed by atoms with Crippen LogP contribution in [0.1, 0.15) is 49.7 Å². The first-order valence-corrected chi connectivity index (χ1v) is 8.77. The largest absolute Gasteiger partial charge is 0.381 e. The number of carbonyl (C=O) groups excluding carboxylic acids is 1. The van der Waals surface area contributed by atoms with Crippen molar-refractivity contribution in [2.75, 3.05) is 19.8 Å². The van der Waals surface area contributed by atoms with Crippen molar-refractivity contribution in [2.24, 2.45) is 5.73 Å². The summed E-state index contributed by atoms with van der Waals surface area (Å²) in [4.78, 5) is 12.6. The maximum Gasteiger partial charge on any atom is 0.240 e. The number of nitrogens with two attached hydrogens (primary N) is 1. The molecule has 0 bridgehead atoms. The molecule has 1 saturated carbocycles. The van der Waals surface area contributed by atoms with Gasteiger partial charge in [-0.3, -0.25) is 4.79 Å². The number of hydrogen-bond donors (Lipinski definition) is 2. The standard InChI is InChI=1S/C19H28N2O2.ClH/c1-15-6-2-3-7-16(15)18(10-12-23-13-11-18)14-21-17(22)19(20)8-4-5-9-19;/h2-3,6-7H,4-5,8-14,20H2,1H3,(H,21,22);1H. The Labute approximate surface area is 150 Å². The van der Waals surface area contributed by atoms with Gasteiger partial charge in [0.1, 0.15) is 0 Å². The zero-order valence-electron chi connectivity index (χ0n) is 14.5. The molecule has 134 valence electrons. The van der Waals surface area contributed by atoms with Gasteiger partial charge in [-0.25, -0.2) is 0 Å². The highest BCUT2D eigenvalue weighted by molar-refractivity contribution is 5.86. The molecule has 5 heteroatoms. The van der Waals surface area contributed by atoms with Gasteiger partial charge in [0.15, 0.2) is 0 Å². The van der Waals surface area contributed by atoms with E-state index in [-0.39, 0.29) is 23.7 Å². The predicted octanol–water partition coefficient (Wildman–Crippen LogP) is 2.85. The fourth-order valence-electron chi connectivity index (χ4n) is 4.13. The molecule has 1 aromatic rings. The third kappa shape index (κ3) is 3.76. The molecule has 0 atom stereocenters. The molecule has 0 radical (unpaired) electrons. The SMILES string of the molecule is Cc1ccccc1C1(CNC(=O)C2(N)CCCC2)CCOCC1.Cl. The monoisotopic (exact) mass is 352 g/mol. The van der Waals surface area contributed by atoms with E-state index in [0.717, 1.165) is 51.7 Å². The Bertz CT molecular complexity index is 564. The number of hydrogen-bond acceptors (Lipinski definition) is 3. The van der Waals surface area contributed by atoms with Crippen LogP contribution in [-0.2, 0) is 14.9 Å². The van der Waals surface area contributed by atoms with E-state index in [2.05, 4.69) is 36.5 Å². The molecule has 3 rings (SSSR count). The average molecular weight is 353 g/mol. The topological polar surface area (TPSA) is 64.4 Å². The van der Waals surface area contributed by atoms with Gasteiger partial charge in [0.05, 0.1) is 5.54 Å². The second-order valence-corrected chi connectivity index (χ2v) is 7.25. The summed E-state index contributed by atoms with van der Waals surface area (Å²) in [6.07, 6.45) is 5.60. The summed E-state index contributed by atoms with van der Waals surface area (Å²) in [5.41, 5.74) is 8.22. The molecule has 0 spiro atoms. The summed E-state index contributed by atoms with van der Waals surface area (Å²) < 4.78 is 5.58. The minimum atomic E-state index is -0.655. The van der Waals surface area contributed by atoms with Crippen LogP contribution in [0, 0.1) is 6.92 Å². The summed E-state index contributed by atoms with van der Waals surface area (Å²) in [7, 11) is 0. The first-order chi connectivity index (χ1) is 11.1. The van der Waals surface area contributed by atoms with Gasteiger partial charge >= 0.3 is 0 Å². The van der Waals surface area contributed by atoms with Crippen molar-refractivity contribution in [3.05, 3.63) is 35.4 Å². The van der Waals surface area contributed by atoms with Gasteiger partial charge in [-0.2, -0.15) is 0 Å². The van der Waals surface area contributed by atoms with Crippen LogP contribution >= 0.6 is 12.4 Å². The van der Waals surface area contributed by atoms with E-state index in [0.29, 0.717) is 6.54 Å². The quantitative estimate of drug-likeness (QED) is 0.875. The zero-order valence-corrected chi connectivity index (χ0v) is 15.3. The fourth-order valence-corrected chi connectivity index (χ4v) is 4.13. The number of aryl methyl sites for hydroxylation is 1. The normalized spacial score (nSPS) is 21.8. The minimum absolute atomic E-state index is 0. The number of carbonyl (C=O) groups is 1. The first kappa shape index (κ1) is 19.2. The highest BCUT2D eigenvalue weighted by Crippen LogP contribution is 2.36. The Morgan fingerprint density at radius 3 is 2.42 bits per heavy atom. The van der Waals surface area contributed by atoms with Crippen LogP contribution in [0.2, 0.25) is 0 Å². The van der Waals surface area contributed by atoms with Crippen LogP contribution < -0.4 is 11.1 Å². The Balaban J connectivity index is 0.00000208. The van der Waals surface area contributed by atoms with E-state index >= 15 is 0 Å². The van der Waals surface area contributed by atoms with Gasteiger partial charge in [0.2, 0.25) is 5.91 Å². The molecule has 1 heterocycles. The third-order valence-corrected chi connectivity index (χ3v) is 5.70. The molecule has 1 aliphatic carbocycles. The van der Waals surface area contributed by atoms with E-state index in [1.54, 1.807) is 0 Å². The number of halogens is 1. The Hall–Kier alpha value is -1.10. The van der Waals surface area contributed by atoms with Crippen molar-refractivity contribution in [1.82, 2.24) is 5.32 Å². The summed E-state index contributed by atoms with van der Waals surface area (Å²) in [5, 5.41) is 3.18. The predicted molar refractivity (Wildman–Crippen MR) is 98.6 cm³/mol. The van der Waals surface area contributed by atoms with Gasteiger partial charge < -0.3 is 15.8 Å². The van der Waals surface area contributed by atoms with Gasteiger partial charge in [-0.15, -0.1) is 12.4 Å². The van der Waals surface area contributed by atoms with Gasteiger partial charge in [0, 0.05) is 25.2 Å². The Morgan fingerprint density at radius 1 is 1.17 bits per heavy atom. The van der Waals surface area contributed by atoms with Crippen LogP contribution in [0.25, 0.3) is 0 Å². The van der Waals surface area contributed by atoms with Gasteiger partial charge in [-0.05, 0) is 43.7 Å². The summed E-state index contributed by atoms with van der Waals surface area (Å²) >= 11 is 0. The molecule has 0 unspecified atom stereocenters. The average Bonchev–Trinajstić information content (AvgIpc) is 3.02. The van der Waals surface area contributed by atoms with Crippen LogP contribution in [-0.4, -0.2) is 31.2 Å². The van der Waals surface area contributed by atoms with Crippen LogP contribution in [0.4, 0.5) is 0 Å². The third-order valence-electron chi connectivity index (χ3n) is 5.70. The fraction of sp³-hybridized carbons (Fsp3) is 0.632. The number of amides is 1. The maximum atomic E-state index is 12.6. The summed E-state index contributed by atoms with van der Waals surface area (Å²) in [5.74, 6) is 0.0226. The molecule has 2 aliphatic rings. The summed E-state index contributed by atoms with van der Waals surface area (Å²) in [6, 6.07) is 8.50. The smallest absolute Gasteiger partial charge is 0.240 e. The summed E-state index contributed by atoms with van der Waals surface area (Å²) in [6.45, 7) is 4.30. The van der Waals surface area contributed by atoms with Gasteiger partial charge in [-0.1, -0.05) is 37.1 Å². The second-order valence-electron chi connectivity index (χ2n) is 7.25. The van der Waals surface area contributed by atoms with E-state index < -0.39 is 5.54 Å². The molecule has 3 N–H and O–H groups in total. The lowest BCUT2D eigenvalue weighted by molar-refractivity contribution is -0.126. The Morgan fingerprint density at radius 2 is 1.79 bits per heavy atom. The lowest BCUT2D eigenvalue weighted by atomic mass is 9.72. The first-order valence-electron chi connectivity index (χ1n) is 8.77. The van der Waals surface area contributed by atoms with Crippen molar-refractivity contribution < 1.29 is 9.53 Å². The molecule has 1 saturated heterocycles. The molecule has 4 nitrogen and oxygen atoms in total. The van der Waals surface area contributed by atoms with Crippen molar-refractivity contribution in [3.8, 4) is 0 Å². The lowest BCUT2D eigenvalue weighted by Crippen LogP contribution is -2.55. The minimum Gasteiger partial charge on any atom is -0.381 e. The van der Waals surface area contributed by atoms with Crippen molar-refractivity contribution in [2.45, 2.75) is 56.4 Å². The molecule has 1 aromatic carbocycles. The molecular weight excluding hydrogens is 324 g/mol. The molecular formula is C19H29ClN2O2. The van der Waals surface area contributed by atoms with E-state index in [1.807, 2.05) is 0 Å². The molecule has 2 fully saturated rings. The zero-order chi connectivity index (χ0) is 16.3. The lowest BCUT2D eigenvalue weighted by Gasteiger charge is -2.39. The highest BCUT2D eigenvalue weighted by Gasteiger charge is 2.40. The number of ether oxygens (including phenoxy) is 1. The van der Waals surface area contributed by atoms with E-state index in [1.165, 1.54) is 11.1 Å². The van der Waals surface area contributed by atoms with E-state index in [4.69, 9.17) is 10.5 Å². The molecule has 1 aliphatic heterocycles. The Kier molecular flexibility index (Phi) is 6.29. The number of nitrogens with one attached hydrogen (secondary N) is 1. The van der Waals surface area contributed by atoms with E-state index in [9.17, 15) is 4.79 Å². The highest BCUT2D eigenvalue weighted by atomic mass is 35.5. The van der Waals surface area contributed by atoms with Crippen molar-refractivity contribution in [1.29, 1.82) is 0 Å².